The maximum absolute atomic E-state index is 12.2. The monoisotopic (exact) mass is 371 g/mol. The van der Waals surface area contributed by atoms with E-state index in [2.05, 4.69) is 14.3 Å². The van der Waals surface area contributed by atoms with E-state index in [0.29, 0.717) is 37.8 Å². The lowest BCUT2D eigenvalue weighted by Crippen LogP contribution is -2.34. The number of nitrogens with zero attached hydrogens (tertiary/aromatic N) is 1. The molecule has 1 aliphatic heterocycles. The summed E-state index contributed by atoms with van der Waals surface area (Å²) in [6.45, 7) is 6.12. The summed E-state index contributed by atoms with van der Waals surface area (Å²) >= 11 is 0.632. The van der Waals surface area contributed by atoms with E-state index in [1.165, 1.54) is 11.4 Å². The number of hydrogen-bond donors (Lipinski definition) is 0. The van der Waals surface area contributed by atoms with Gasteiger partial charge >= 0.3 is 5.97 Å². The van der Waals surface area contributed by atoms with Crippen LogP contribution in [0.4, 0.5) is 0 Å². The van der Waals surface area contributed by atoms with Crippen LogP contribution in [0.15, 0.2) is 0 Å². The molecular weight excluding hydrogens is 346 g/mol. The molecule has 1 unspecified atom stereocenters. The lowest BCUT2D eigenvalue weighted by molar-refractivity contribution is -0.447. The van der Waals surface area contributed by atoms with Crippen molar-refractivity contribution < 1.29 is 32.2 Å². The van der Waals surface area contributed by atoms with Crippen LogP contribution in [0.2, 0.25) is 0 Å². The van der Waals surface area contributed by atoms with Gasteiger partial charge in [0.1, 0.15) is 10.7 Å². The smallest absolute Gasteiger partial charge is 0.309 e. The fourth-order valence-electron chi connectivity index (χ4n) is 2.17. The highest BCUT2D eigenvalue weighted by molar-refractivity contribution is 8.08. The van der Waals surface area contributed by atoms with E-state index in [-0.39, 0.29) is 23.5 Å². The minimum absolute atomic E-state index is 0.261. The molecule has 0 aliphatic carbocycles. The molecular formula is C13H25NO7S2. The Morgan fingerprint density at radius 1 is 1.26 bits per heavy atom. The topological polar surface area (TPSA) is 91.4 Å². The van der Waals surface area contributed by atoms with Crippen molar-refractivity contribution in [2.75, 3.05) is 25.3 Å². The fraction of sp³-hybridized carbons (Fsp3) is 0.923. The van der Waals surface area contributed by atoms with Crippen LogP contribution in [0.1, 0.15) is 40.0 Å². The van der Waals surface area contributed by atoms with Gasteiger partial charge in [0.25, 0.3) is 0 Å². The van der Waals surface area contributed by atoms with E-state index in [0.717, 1.165) is 0 Å². The van der Waals surface area contributed by atoms with Gasteiger partial charge < -0.3 is 4.74 Å². The van der Waals surface area contributed by atoms with Gasteiger partial charge in [-0.2, -0.15) is 0 Å². The van der Waals surface area contributed by atoms with Crippen molar-refractivity contribution in [1.29, 1.82) is 0 Å². The molecule has 0 aromatic heterocycles. The SMILES string of the molecule is COOOSCS(=O)(=O)N1CCCC(C(=O)OC(C)(C)C)CC1. The number of rotatable bonds is 7. The maximum atomic E-state index is 12.2. The minimum atomic E-state index is -3.49. The van der Waals surface area contributed by atoms with Crippen LogP contribution in [0.5, 0.6) is 0 Å². The molecule has 0 aromatic carbocycles. The van der Waals surface area contributed by atoms with Gasteiger partial charge in [-0.25, -0.2) is 17.6 Å². The molecule has 1 atom stereocenters. The number of carbonyl (C=O) groups is 1. The number of sulfonamides is 1. The summed E-state index contributed by atoms with van der Waals surface area (Å²) < 4.78 is 35.7. The van der Waals surface area contributed by atoms with Gasteiger partial charge in [0.05, 0.1) is 25.1 Å². The molecule has 0 aromatic rings. The molecule has 10 heteroatoms. The van der Waals surface area contributed by atoms with E-state index >= 15 is 0 Å². The van der Waals surface area contributed by atoms with Gasteiger partial charge in [-0.05, 0) is 40.0 Å². The average Bonchev–Trinajstić information content (AvgIpc) is 2.68. The Bertz CT molecular complexity index is 475. The van der Waals surface area contributed by atoms with E-state index in [9.17, 15) is 13.2 Å². The van der Waals surface area contributed by atoms with Crippen molar-refractivity contribution in [3.63, 3.8) is 0 Å². The molecule has 0 amide bonds. The third-order valence-electron chi connectivity index (χ3n) is 3.16. The van der Waals surface area contributed by atoms with Gasteiger partial charge in [0.2, 0.25) is 10.0 Å². The maximum Gasteiger partial charge on any atom is 0.309 e. The Morgan fingerprint density at radius 2 is 1.96 bits per heavy atom. The minimum Gasteiger partial charge on any atom is -0.460 e. The molecule has 1 heterocycles. The lowest BCUT2D eigenvalue weighted by atomic mass is 10.0. The Morgan fingerprint density at radius 3 is 2.57 bits per heavy atom. The molecule has 1 aliphatic rings. The molecule has 0 bridgehead atoms. The molecule has 0 saturated carbocycles. The van der Waals surface area contributed by atoms with Crippen LogP contribution in [0.3, 0.4) is 0 Å². The predicted octanol–water partition coefficient (Wildman–Crippen LogP) is 1.88. The lowest BCUT2D eigenvalue weighted by Gasteiger charge is -2.23. The first-order valence-electron chi connectivity index (χ1n) is 7.35. The Labute approximate surface area is 141 Å². The molecule has 8 nitrogen and oxygen atoms in total. The van der Waals surface area contributed by atoms with Gasteiger partial charge in [-0.3, -0.25) is 4.79 Å². The van der Waals surface area contributed by atoms with Crippen molar-refractivity contribution in [2.24, 2.45) is 5.92 Å². The molecule has 0 N–H and O–H groups in total. The summed E-state index contributed by atoms with van der Waals surface area (Å²) in [6, 6.07) is 0. The van der Waals surface area contributed by atoms with E-state index in [1.807, 2.05) is 20.8 Å². The van der Waals surface area contributed by atoms with Crippen molar-refractivity contribution in [2.45, 2.75) is 45.6 Å². The number of ether oxygens (including phenoxy) is 1. The Hall–Kier alpha value is -0.390. The van der Waals surface area contributed by atoms with Gasteiger partial charge in [0.15, 0.2) is 0 Å². The highest BCUT2D eigenvalue weighted by Gasteiger charge is 2.31. The van der Waals surface area contributed by atoms with E-state index < -0.39 is 15.6 Å². The van der Waals surface area contributed by atoms with Crippen LogP contribution in [0.25, 0.3) is 0 Å². The van der Waals surface area contributed by atoms with Crippen LogP contribution >= 0.6 is 12.0 Å². The second-order valence-corrected chi connectivity index (χ2v) is 9.21. The second kappa shape index (κ2) is 9.19. The Kier molecular flexibility index (Phi) is 8.25. The fourth-order valence-corrected chi connectivity index (χ4v) is 4.30. The normalized spacial score (nSPS) is 21.0. The standard InChI is InChI=1S/C13H25NO7S2/c1-13(2,3)19-12(15)11-6-5-8-14(9-7-11)23(16,17)10-22-21-20-18-4/h11H,5-10H2,1-4H3. The quantitative estimate of drug-likeness (QED) is 0.220. The van der Waals surface area contributed by atoms with Crippen molar-refractivity contribution in [3.05, 3.63) is 0 Å². The van der Waals surface area contributed by atoms with Gasteiger partial charge in [-0.15, -0.1) is 4.33 Å². The number of carbonyl (C=O) groups excluding carboxylic acids is 1. The van der Waals surface area contributed by atoms with Crippen molar-refractivity contribution in [3.8, 4) is 0 Å². The van der Waals surface area contributed by atoms with Gasteiger partial charge in [-0.1, -0.05) is 5.04 Å². The molecule has 1 saturated heterocycles. The van der Waals surface area contributed by atoms with Crippen LogP contribution in [-0.4, -0.2) is 49.6 Å². The highest BCUT2D eigenvalue weighted by Crippen LogP contribution is 2.24. The molecule has 23 heavy (non-hydrogen) atoms. The van der Waals surface area contributed by atoms with Crippen LogP contribution in [0, 0.1) is 5.92 Å². The summed E-state index contributed by atoms with van der Waals surface area (Å²) in [5.74, 6) is -0.530. The zero-order valence-corrected chi connectivity index (χ0v) is 15.6. The van der Waals surface area contributed by atoms with Crippen LogP contribution in [-0.2, 0) is 33.8 Å². The first-order valence-corrected chi connectivity index (χ1v) is 9.87. The van der Waals surface area contributed by atoms with Gasteiger partial charge in [0, 0.05) is 13.1 Å². The highest BCUT2D eigenvalue weighted by atomic mass is 32.3. The largest absolute Gasteiger partial charge is 0.460 e. The first kappa shape index (κ1) is 20.7. The molecule has 1 rings (SSSR count). The van der Waals surface area contributed by atoms with Crippen molar-refractivity contribution in [1.82, 2.24) is 4.31 Å². The van der Waals surface area contributed by atoms with E-state index in [4.69, 9.17) is 4.74 Å². The molecule has 0 spiro atoms. The summed E-state index contributed by atoms with van der Waals surface area (Å²) in [7, 11) is -2.24. The van der Waals surface area contributed by atoms with Crippen LogP contribution < -0.4 is 0 Å². The predicted molar refractivity (Wildman–Crippen MR) is 85.3 cm³/mol. The summed E-state index contributed by atoms with van der Waals surface area (Å²) in [6.07, 6.45) is 1.69. The summed E-state index contributed by atoms with van der Waals surface area (Å²) in [5, 5.41) is 3.87. The average molecular weight is 371 g/mol. The van der Waals surface area contributed by atoms with E-state index in [1.54, 1.807) is 0 Å². The number of esters is 1. The zero-order chi connectivity index (χ0) is 17.5. The first-order chi connectivity index (χ1) is 10.7. The molecule has 136 valence electrons. The third kappa shape index (κ3) is 7.81. The third-order valence-corrected chi connectivity index (χ3v) is 6.04. The number of hydrogen-bond acceptors (Lipinski definition) is 8. The zero-order valence-electron chi connectivity index (χ0n) is 13.9. The second-order valence-electron chi connectivity index (χ2n) is 6.21. The van der Waals surface area contributed by atoms with Crippen molar-refractivity contribution >= 4 is 28.0 Å². The molecule has 0 radical (unpaired) electrons. The molecule has 1 fully saturated rings. The Balaban J connectivity index is 2.52. The summed E-state index contributed by atoms with van der Waals surface area (Å²) in [4.78, 5) is 16.3. The summed E-state index contributed by atoms with van der Waals surface area (Å²) in [5.41, 5.74) is -0.537.